The van der Waals surface area contributed by atoms with Crippen LogP contribution < -0.4 is 5.32 Å². The molecule has 2 N–H and O–H groups in total. The number of benzene rings is 1. The molecule has 1 fully saturated rings. The van der Waals surface area contributed by atoms with E-state index in [0.717, 1.165) is 37.8 Å². The van der Waals surface area contributed by atoms with Crippen LogP contribution in [0.4, 0.5) is 19.0 Å². The second kappa shape index (κ2) is 9.49. The largest absolute Gasteiger partial charge is 0.461 e. The number of aromatic nitrogens is 3. The number of carbonyl (C=O) groups excluding carboxylic acids is 1. The number of anilines is 1. The summed E-state index contributed by atoms with van der Waals surface area (Å²) in [6.45, 7) is 5.40. The van der Waals surface area contributed by atoms with E-state index >= 15 is 0 Å². The van der Waals surface area contributed by atoms with Crippen LogP contribution in [0.3, 0.4) is 0 Å². The number of rotatable bonds is 6. The summed E-state index contributed by atoms with van der Waals surface area (Å²) in [6, 6.07) is 8.26. The number of ether oxygens (including phenoxy) is 1. The number of halogens is 3. The highest BCUT2D eigenvalue weighted by Gasteiger charge is 2.33. The first-order valence-electron chi connectivity index (χ1n) is 11.7. The Hall–Kier alpha value is -3.14. The fourth-order valence-electron chi connectivity index (χ4n) is 4.61. The Morgan fingerprint density at radius 3 is 2.51 bits per heavy atom. The Morgan fingerprint density at radius 2 is 1.89 bits per heavy atom. The van der Waals surface area contributed by atoms with E-state index in [1.807, 2.05) is 13.8 Å². The maximum Gasteiger partial charge on any atom is 0.416 e. The van der Waals surface area contributed by atoms with Crippen LogP contribution in [0.25, 0.3) is 16.9 Å². The highest BCUT2D eigenvalue weighted by atomic mass is 19.4. The van der Waals surface area contributed by atoms with Crippen molar-refractivity contribution in [2.24, 2.45) is 5.92 Å². The lowest BCUT2D eigenvalue weighted by Gasteiger charge is -2.36. The monoisotopic (exact) mass is 490 g/mol. The topological polar surface area (TPSA) is 88.8 Å². The van der Waals surface area contributed by atoms with Gasteiger partial charge in [-0.25, -0.2) is 14.3 Å². The number of hydrogen-bond acceptors (Lipinski definition) is 6. The van der Waals surface area contributed by atoms with Crippen LogP contribution in [0.1, 0.15) is 62.5 Å². The third-order valence-electron chi connectivity index (χ3n) is 6.49. The summed E-state index contributed by atoms with van der Waals surface area (Å²) in [5, 5.41) is 18.2. The van der Waals surface area contributed by atoms with E-state index in [1.54, 1.807) is 19.1 Å². The van der Waals surface area contributed by atoms with Gasteiger partial charge < -0.3 is 15.2 Å². The van der Waals surface area contributed by atoms with Crippen LogP contribution in [-0.2, 0) is 10.9 Å². The maximum absolute atomic E-state index is 13.4. The Labute approximate surface area is 201 Å². The van der Waals surface area contributed by atoms with Crippen molar-refractivity contribution in [2.75, 3.05) is 11.9 Å². The van der Waals surface area contributed by atoms with E-state index in [9.17, 15) is 23.1 Å². The van der Waals surface area contributed by atoms with Crippen molar-refractivity contribution in [3.63, 3.8) is 0 Å². The Balaban J connectivity index is 1.70. The Morgan fingerprint density at radius 1 is 1.17 bits per heavy atom. The number of hydrogen-bond donors (Lipinski definition) is 2. The van der Waals surface area contributed by atoms with E-state index in [-0.39, 0.29) is 35.5 Å². The molecule has 188 valence electrons. The first-order chi connectivity index (χ1) is 16.5. The molecule has 10 heteroatoms. The highest BCUT2D eigenvalue weighted by Crippen LogP contribution is 2.35. The summed E-state index contributed by atoms with van der Waals surface area (Å²) in [6.07, 6.45) is -1.09. The first kappa shape index (κ1) is 25.0. The molecule has 2 heterocycles. The van der Waals surface area contributed by atoms with Gasteiger partial charge in [-0.1, -0.05) is 12.1 Å². The van der Waals surface area contributed by atoms with Crippen molar-refractivity contribution in [1.82, 2.24) is 14.6 Å². The van der Waals surface area contributed by atoms with E-state index < -0.39 is 23.3 Å². The van der Waals surface area contributed by atoms with Gasteiger partial charge in [0.25, 0.3) is 0 Å². The summed E-state index contributed by atoms with van der Waals surface area (Å²) >= 11 is 0. The van der Waals surface area contributed by atoms with Crippen molar-refractivity contribution >= 4 is 17.4 Å². The number of nitrogens with one attached hydrogen (secondary N) is 1. The lowest BCUT2D eigenvalue weighted by Crippen LogP contribution is -2.37. The maximum atomic E-state index is 13.4. The number of nitrogens with zero attached hydrogens (tertiary/aromatic N) is 3. The van der Waals surface area contributed by atoms with Crippen LogP contribution in [0.15, 0.2) is 36.4 Å². The second-order valence-electron chi connectivity index (χ2n) is 9.44. The van der Waals surface area contributed by atoms with Crippen molar-refractivity contribution < 1.29 is 27.8 Å². The molecule has 35 heavy (non-hydrogen) atoms. The molecule has 0 amide bonds. The summed E-state index contributed by atoms with van der Waals surface area (Å²) < 4.78 is 46.6. The smallest absolute Gasteiger partial charge is 0.416 e. The van der Waals surface area contributed by atoms with Gasteiger partial charge in [0.05, 0.1) is 17.8 Å². The molecule has 0 unspecified atom stereocenters. The van der Waals surface area contributed by atoms with Gasteiger partial charge in [-0.2, -0.15) is 13.2 Å². The minimum atomic E-state index is -4.54. The molecule has 2 aromatic heterocycles. The van der Waals surface area contributed by atoms with Crippen LogP contribution in [0.2, 0.25) is 0 Å². The molecule has 1 aliphatic carbocycles. The van der Waals surface area contributed by atoms with E-state index in [4.69, 9.17) is 4.74 Å². The fourth-order valence-corrected chi connectivity index (χ4v) is 4.61. The quantitative estimate of drug-likeness (QED) is 0.454. The Bertz CT molecular complexity index is 1210. The number of carbonyl (C=O) groups is 1. The molecule has 7 nitrogen and oxygen atoms in total. The van der Waals surface area contributed by atoms with Gasteiger partial charge in [-0.05, 0) is 76.6 Å². The van der Waals surface area contributed by atoms with Crippen LogP contribution in [0, 0.1) is 5.92 Å². The lowest BCUT2D eigenvalue weighted by molar-refractivity contribution is -0.137. The molecule has 4 rings (SSSR count). The van der Waals surface area contributed by atoms with Gasteiger partial charge in [-0.15, -0.1) is 5.10 Å². The van der Waals surface area contributed by atoms with E-state index in [0.29, 0.717) is 11.5 Å². The summed E-state index contributed by atoms with van der Waals surface area (Å²) in [4.78, 5) is 16.9. The number of imidazole rings is 1. The molecule has 3 aromatic rings. The van der Waals surface area contributed by atoms with Gasteiger partial charge in [0.15, 0.2) is 11.3 Å². The number of aliphatic hydroxyl groups is 1. The van der Waals surface area contributed by atoms with Gasteiger partial charge in [0.2, 0.25) is 0 Å². The molecule has 0 radical (unpaired) electrons. The highest BCUT2D eigenvalue weighted by molar-refractivity contribution is 5.95. The molecule has 0 aliphatic heterocycles. The van der Waals surface area contributed by atoms with Crippen molar-refractivity contribution in [3.8, 4) is 11.3 Å². The summed E-state index contributed by atoms with van der Waals surface area (Å²) in [5.41, 5.74) is -1.04. The third kappa shape index (κ3) is 5.42. The molecule has 0 spiro atoms. The number of fused-ring (bicyclic) bond motifs is 1. The lowest BCUT2D eigenvalue weighted by atomic mass is 9.77. The number of esters is 1. The van der Waals surface area contributed by atoms with Gasteiger partial charge in [0, 0.05) is 11.6 Å². The molecule has 1 saturated carbocycles. The third-order valence-corrected chi connectivity index (χ3v) is 6.49. The minimum Gasteiger partial charge on any atom is -0.461 e. The average Bonchev–Trinajstić information content (AvgIpc) is 3.17. The summed E-state index contributed by atoms with van der Waals surface area (Å²) in [5.74, 6) is 0.0133. The van der Waals surface area contributed by atoms with Gasteiger partial charge in [-0.3, -0.25) is 0 Å². The van der Waals surface area contributed by atoms with E-state index in [1.165, 1.54) is 16.6 Å². The predicted molar refractivity (Wildman–Crippen MR) is 125 cm³/mol. The Kier molecular flexibility index (Phi) is 6.77. The van der Waals surface area contributed by atoms with Crippen molar-refractivity contribution in [2.45, 2.75) is 64.3 Å². The summed E-state index contributed by atoms with van der Waals surface area (Å²) in [7, 11) is 0. The normalized spacial score (nSPS) is 19.1. The average molecular weight is 491 g/mol. The molecule has 0 bridgehead atoms. The fraction of sp³-hybridized carbons (Fsp3) is 0.480. The van der Waals surface area contributed by atoms with Crippen LogP contribution in [0.5, 0.6) is 0 Å². The van der Waals surface area contributed by atoms with Gasteiger partial charge in [0.1, 0.15) is 11.5 Å². The standard InChI is InChI=1S/C25H29F3N4O3/c1-4-35-23(33)21-22(15-6-5-7-17(14-15)25(26,27)28)32-20(30-21)13-12-19(31-32)29-18-10-8-16(9-11-18)24(2,3)34/h5-7,12-14,16,18,34H,4,8-11H2,1-3H3,(H,29,31). The SMILES string of the molecule is CCOC(=O)c1nc2ccc(NC3CCC(C(C)(C)O)CC3)nn2c1-c1cccc(C(F)(F)F)c1. The molecule has 1 aromatic carbocycles. The molecular weight excluding hydrogens is 461 g/mol. The zero-order valence-electron chi connectivity index (χ0n) is 19.9. The zero-order chi connectivity index (χ0) is 25.4. The molecule has 0 atom stereocenters. The number of alkyl halides is 3. The van der Waals surface area contributed by atoms with Crippen LogP contribution >= 0.6 is 0 Å². The van der Waals surface area contributed by atoms with Crippen molar-refractivity contribution in [3.05, 3.63) is 47.7 Å². The predicted octanol–water partition coefficient (Wildman–Crippen LogP) is 5.33. The van der Waals surface area contributed by atoms with Crippen LogP contribution in [-0.4, -0.2) is 43.9 Å². The molecular formula is C25H29F3N4O3. The minimum absolute atomic E-state index is 0.0958. The van der Waals surface area contributed by atoms with E-state index in [2.05, 4.69) is 15.4 Å². The zero-order valence-corrected chi connectivity index (χ0v) is 19.9. The first-order valence-corrected chi connectivity index (χ1v) is 11.7. The second-order valence-corrected chi connectivity index (χ2v) is 9.44. The molecule has 1 aliphatic rings. The van der Waals surface area contributed by atoms with Crippen molar-refractivity contribution in [1.29, 1.82) is 0 Å². The van der Waals surface area contributed by atoms with Gasteiger partial charge >= 0.3 is 12.1 Å². The molecule has 0 saturated heterocycles.